The van der Waals surface area contributed by atoms with E-state index in [2.05, 4.69) is 25.2 Å². The molecule has 0 aromatic carbocycles. The highest BCUT2D eigenvalue weighted by Gasteiger charge is 2.17. The summed E-state index contributed by atoms with van der Waals surface area (Å²) in [5.41, 5.74) is 1.06. The Morgan fingerprint density at radius 1 is 1.39 bits per heavy atom. The van der Waals surface area contributed by atoms with Gasteiger partial charge in [0.05, 0.1) is 5.71 Å². The molecule has 8 nitrogen and oxygen atoms in total. The number of nitrogens with zero attached hydrogens (tertiary/aromatic N) is 5. The first-order valence-electron chi connectivity index (χ1n) is 5.65. The third kappa shape index (κ3) is 1.71. The quantitative estimate of drug-likeness (QED) is 0.540. The van der Waals surface area contributed by atoms with Crippen LogP contribution in [0, 0.1) is 0 Å². The first-order valence-corrected chi connectivity index (χ1v) is 5.65. The number of nitrogens with one attached hydrogen (secondary N) is 1. The van der Waals surface area contributed by atoms with Crippen LogP contribution in [-0.2, 0) is 0 Å². The van der Waals surface area contributed by atoms with E-state index in [1.807, 2.05) is 0 Å². The molecule has 2 aromatic rings. The van der Waals surface area contributed by atoms with Gasteiger partial charge >= 0.3 is 5.69 Å². The number of hydrogen-bond acceptors (Lipinski definition) is 6. The molecule has 0 amide bonds. The SMILES string of the molecule is O=c1[nH]nc2cc(N3CCC(=NO)CC3)ncn12. The molecule has 0 atom stereocenters. The summed E-state index contributed by atoms with van der Waals surface area (Å²) in [7, 11) is 0. The van der Waals surface area contributed by atoms with Crippen LogP contribution >= 0.6 is 0 Å². The van der Waals surface area contributed by atoms with Crippen LogP contribution < -0.4 is 10.6 Å². The van der Waals surface area contributed by atoms with Crippen LogP contribution in [0.3, 0.4) is 0 Å². The zero-order chi connectivity index (χ0) is 12.5. The molecule has 1 aliphatic heterocycles. The summed E-state index contributed by atoms with van der Waals surface area (Å²) in [5.74, 6) is 0.776. The number of hydrogen-bond donors (Lipinski definition) is 2. The minimum absolute atomic E-state index is 0.294. The molecule has 0 aliphatic carbocycles. The molecule has 1 fully saturated rings. The van der Waals surface area contributed by atoms with Crippen molar-refractivity contribution in [3.8, 4) is 0 Å². The van der Waals surface area contributed by atoms with Crippen molar-refractivity contribution in [3.63, 3.8) is 0 Å². The smallest absolute Gasteiger partial charge is 0.348 e. The number of aromatic nitrogens is 4. The van der Waals surface area contributed by atoms with Crippen LogP contribution in [0.5, 0.6) is 0 Å². The summed E-state index contributed by atoms with van der Waals surface area (Å²) in [5, 5.41) is 18.2. The van der Waals surface area contributed by atoms with Crippen LogP contribution in [0.4, 0.5) is 5.82 Å². The first kappa shape index (κ1) is 10.8. The van der Waals surface area contributed by atoms with Gasteiger partial charge in [-0.15, -0.1) is 0 Å². The molecular weight excluding hydrogens is 236 g/mol. The Balaban J connectivity index is 1.89. The standard InChI is InChI=1S/C10H12N6O2/c17-10-13-12-9-5-8(11-6-16(9)10)15-3-1-7(14-18)2-4-15/h5-6,18H,1-4H2,(H,13,17). The van der Waals surface area contributed by atoms with E-state index >= 15 is 0 Å². The van der Waals surface area contributed by atoms with Crippen molar-refractivity contribution < 1.29 is 5.21 Å². The lowest BCUT2D eigenvalue weighted by atomic mass is 10.1. The number of rotatable bonds is 1. The first-order chi connectivity index (χ1) is 8.78. The maximum atomic E-state index is 11.3. The van der Waals surface area contributed by atoms with E-state index in [0.29, 0.717) is 5.65 Å². The van der Waals surface area contributed by atoms with E-state index in [-0.39, 0.29) is 5.69 Å². The second-order valence-electron chi connectivity index (χ2n) is 4.16. The van der Waals surface area contributed by atoms with Crippen molar-refractivity contribution in [1.29, 1.82) is 0 Å². The summed E-state index contributed by atoms with van der Waals surface area (Å²) < 4.78 is 1.36. The van der Waals surface area contributed by atoms with Gasteiger partial charge in [-0.1, -0.05) is 5.16 Å². The van der Waals surface area contributed by atoms with E-state index in [4.69, 9.17) is 5.21 Å². The fraction of sp³-hybridized carbons (Fsp3) is 0.400. The fourth-order valence-electron chi connectivity index (χ4n) is 2.07. The van der Waals surface area contributed by atoms with Crippen molar-refractivity contribution in [1.82, 2.24) is 19.6 Å². The molecule has 94 valence electrons. The predicted octanol–water partition coefficient (Wildman–Crippen LogP) is -0.152. The second-order valence-corrected chi connectivity index (χ2v) is 4.16. The molecule has 3 rings (SSSR count). The number of anilines is 1. The average Bonchev–Trinajstić information content (AvgIpc) is 2.80. The molecule has 0 saturated carbocycles. The van der Waals surface area contributed by atoms with Crippen LogP contribution in [-0.4, -0.2) is 43.6 Å². The van der Waals surface area contributed by atoms with Gasteiger partial charge in [0.15, 0.2) is 5.65 Å². The van der Waals surface area contributed by atoms with Gasteiger partial charge in [0.2, 0.25) is 0 Å². The Hall–Kier alpha value is -2.38. The highest BCUT2D eigenvalue weighted by Crippen LogP contribution is 2.16. The van der Waals surface area contributed by atoms with E-state index in [9.17, 15) is 4.79 Å². The topological polar surface area (TPSA) is 98.9 Å². The van der Waals surface area contributed by atoms with Crippen molar-refractivity contribution in [2.75, 3.05) is 18.0 Å². The van der Waals surface area contributed by atoms with E-state index in [1.54, 1.807) is 6.07 Å². The van der Waals surface area contributed by atoms with Gasteiger partial charge in [-0.25, -0.2) is 19.3 Å². The highest BCUT2D eigenvalue weighted by atomic mass is 16.4. The highest BCUT2D eigenvalue weighted by molar-refractivity contribution is 5.86. The molecule has 1 aliphatic rings. The molecule has 0 spiro atoms. The van der Waals surface area contributed by atoms with Gasteiger partial charge in [0, 0.05) is 32.0 Å². The van der Waals surface area contributed by atoms with Crippen molar-refractivity contribution in [3.05, 3.63) is 22.9 Å². The largest absolute Gasteiger partial charge is 0.411 e. The lowest BCUT2D eigenvalue weighted by Gasteiger charge is -2.27. The molecule has 0 unspecified atom stereocenters. The minimum Gasteiger partial charge on any atom is -0.411 e. The Morgan fingerprint density at radius 3 is 2.89 bits per heavy atom. The number of H-pyrrole nitrogens is 1. The van der Waals surface area contributed by atoms with Gasteiger partial charge in [-0.2, -0.15) is 5.10 Å². The molecular formula is C10H12N6O2. The zero-order valence-electron chi connectivity index (χ0n) is 9.57. The van der Waals surface area contributed by atoms with E-state index in [1.165, 1.54) is 10.7 Å². The van der Waals surface area contributed by atoms with Gasteiger partial charge in [-0.3, -0.25) is 0 Å². The van der Waals surface area contributed by atoms with Crippen LogP contribution in [0.15, 0.2) is 22.3 Å². The number of aromatic amines is 1. The Labute approximate surface area is 102 Å². The van der Waals surface area contributed by atoms with E-state index < -0.39 is 0 Å². The summed E-state index contributed by atoms with van der Waals surface area (Å²) in [6, 6.07) is 1.76. The van der Waals surface area contributed by atoms with Crippen LogP contribution in [0.2, 0.25) is 0 Å². The average molecular weight is 248 g/mol. The van der Waals surface area contributed by atoms with Gasteiger partial charge in [0.1, 0.15) is 12.1 Å². The normalized spacial score (nSPS) is 16.2. The third-order valence-corrected chi connectivity index (χ3v) is 3.10. The monoisotopic (exact) mass is 248 g/mol. The summed E-state index contributed by atoms with van der Waals surface area (Å²) in [6.07, 6.45) is 2.90. The van der Waals surface area contributed by atoms with Crippen molar-refractivity contribution in [2.24, 2.45) is 5.16 Å². The maximum absolute atomic E-state index is 11.3. The van der Waals surface area contributed by atoms with Crippen LogP contribution in [0.1, 0.15) is 12.8 Å². The Bertz CT molecular complexity index is 648. The van der Waals surface area contributed by atoms with Crippen molar-refractivity contribution >= 4 is 17.2 Å². The van der Waals surface area contributed by atoms with Crippen LogP contribution in [0.25, 0.3) is 5.65 Å². The number of oxime groups is 1. The van der Waals surface area contributed by atoms with Gasteiger partial charge in [-0.05, 0) is 0 Å². The summed E-state index contributed by atoms with van der Waals surface area (Å²) in [4.78, 5) is 17.6. The zero-order valence-corrected chi connectivity index (χ0v) is 9.57. The lowest BCUT2D eigenvalue weighted by Crippen LogP contribution is -2.34. The van der Waals surface area contributed by atoms with Gasteiger partial charge in [0.25, 0.3) is 0 Å². The molecule has 3 heterocycles. The predicted molar refractivity (Wildman–Crippen MR) is 64.3 cm³/mol. The fourth-order valence-corrected chi connectivity index (χ4v) is 2.07. The molecule has 1 saturated heterocycles. The summed E-state index contributed by atoms with van der Waals surface area (Å²) in [6.45, 7) is 1.49. The minimum atomic E-state index is -0.294. The maximum Gasteiger partial charge on any atom is 0.348 e. The van der Waals surface area contributed by atoms with Gasteiger partial charge < -0.3 is 10.1 Å². The second kappa shape index (κ2) is 4.13. The Kier molecular flexibility index (Phi) is 2.47. The van der Waals surface area contributed by atoms with E-state index in [0.717, 1.165) is 37.5 Å². The number of piperidine rings is 1. The molecule has 18 heavy (non-hydrogen) atoms. The number of fused-ring (bicyclic) bond motifs is 1. The molecule has 0 bridgehead atoms. The molecule has 2 N–H and O–H groups in total. The lowest BCUT2D eigenvalue weighted by molar-refractivity contribution is 0.315. The summed E-state index contributed by atoms with van der Waals surface area (Å²) >= 11 is 0. The van der Waals surface area contributed by atoms with Crippen molar-refractivity contribution in [2.45, 2.75) is 12.8 Å². The molecule has 0 radical (unpaired) electrons. The molecule has 2 aromatic heterocycles. The Morgan fingerprint density at radius 2 is 2.17 bits per heavy atom. The third-order valence-electron chi connectivity index (χ3n) is 3.10. The molecule has 8 heteroatoms.